The summed E-state index contributed by atoms with van der Waals surface area (Å²) in [6.45, 7) is 14.7. The highest BCUT2D eigenvalue weighted by Crippen LogP contribution is 2.49. The number of hydrogen-bond acceptors (Lipinski definition) is 1. The normalized spacial score (nSPS) is 41.9. The van der Waals surface area contributed by atoms with Crippen molar-refractivity contribution in [3.63, 3.8) is 0 Å². The fourth-order valence-corrected chi connectivity index (χ4v) is 6.34. The molecular formula is C21H40S. The summed E-state index contributed by atoms with van der Waals surface area (Å²) in [5, 5.41) is 0.630. The second-order valence-electron chi connectivity index (χ2n) is 9.47. The van der Waals surface area contributed by atoms with Crippen LogP contribution in [0.25, 0.3) is 0 Å². The highest BCUT2D eigenvalue weighted by atomic mass is 32.1. The van der Waals surface area contributed by atoms with E-state index in [1.54, 1.807) is 0 Å². The molecule has 1 heteroatoms. The highest BCUT2D eigenvalue weighted by molar-refractivity contribution is 7.81. The van der Waals surface area contributed by atoms with Gasteiger partial charge in [0.25, 0.3) is 0 Å². The van der Waals surface area contributed by atoms with E-state index >= 15 is 0 Å². The number of rotatable bonds is 4. The molecule has 0 aromatic rings. The molecule has 0 radical (unpaired) electrons. The molecule has 130 valence electrons. The van der Waals surface area contributed by atoms with Crippen LogP contribution in [0.1, 0.15) is 80.1 Å². The Kier molecular flexibility index (Phi) is 6.75. The molecule has 0 nitrogen and oxygen atoms in total. The fourth-order valence-electron chi connectivity index (χ4n) is 5.65. The lowest BCUT2D eigenvalue weighted by Gasteiger charge is -2.47. The molecular weight excluding hydrogens is 284 g/mol. The summed E-state index contributed by atoms with van der Waals surface area (Å²) in [6, 6.07) is 0. The third-order valence-electron chi connectivity index (χ3n) is 7.02. The van der Waals surface area contributed by atoms with E-state index in [4.69, 9.17) is 12.6 Å². The Bertz CT molecular complexity index is 303. The van der Waals surface area contributed by atoms with Crippen molar-refractivity contribution in [1.82, 2.24) is 0 Å². The molecule has 22 heavy (non-hydrogen) atoms. The van der Waals surface area contributed by atoms with Crippen LogP contribution in [0.15, 0.2) is 0 Å². The molecule has 0 aromatic heterocycles. The van der Waals surface area contributed by atoms with Gasteiger partial charge in [-0.3, -0.25) is 0 Å². The van der Waals surface area contributed by atoms with Crippen LogP contribution in [-0.2, 0) is 0 Å². The summed E-state index contributed by atoms with van der Waals surface area (Å²) in [6.07, 6.45) is 8.60. The SMILES string of the molecule is CC1CCC(C(C)C)C(C(S)C2CC(C)CCC2C(C)C)C1. The van der Waals surface area contributed by atoms with E-state index in [1.807, 2.05) is 0 Å². The van der Waals surface area contributed by atoms with Crippen LogP contribution in [-0.4, -0.2) is 5.25 Å². The first-order valence-electron chi connectivity index (χ1n) is 9.99. The van der Waals surface area contributed by atoms with Gasteiger partial charge >= 0.3 is 0 Å². The second-order valence-corrected chi connectivity index (χ2v) is 10.1. The van der Waals surface area contributed by atoms with Gasteiger partial charge in [-0.2, -0.15) is 12.6 Å². The standard InChI is InChI=1S/C21H40S/c1-13(2)17-9-7-15(5)11-19(17)21(22)20-12-16(6)8-10-18(20)14(3)4/h13-22H,7-12H2,1-6H3. The summed E-state index contributed by atoms with van der Waals surface area (Å²) in [4.78, 5) is 0. The van der Waals surface area contributed by atoms with Crippen molar-refractivity contribution in [2.75, 3.05) is 0 Å². The molecule has 0 aromatic carbocycles. The van der Waals surface area contributed by atoms with Crippen LogP contribution in [0.5, 0.6) is 0 Å². The van der Waals surface area contributed by atoms with Crippen molar-refractivity contribution in [1.29, 1.82) is 0 Å². The minimum atomic E-state index is 0.630. The average molecular weight is 325 g/mol. The van der Waals surface area contributed by atoms with Crippen LogP contribution in [0.4, 0.5) is 0 Å². The molecule has 0 spiro atoms. The lowest BCUT2D eigenvalue weighted by molar-refractivity contribution is 0.0743. The molecule has 0 aliphatic heterocycles. The van der Waals surface area contributed by atoms with E-state index in [0.29, 0.717) is 5.25 Å². The topological polar surface area (TPSA) is 0 Å². The van der Waals surface area contributed by atoms with E-state index in [0.717, 1.165) is 47.3 Å². The van der Waals surface area contributed by atoms with Gasteiger partial charge in [0.1, 0.15) is 0 Å². The van der Waals surface area contributed by atoms with Crippen LogP contribution >= 0.6 is 12.6 Å². The second kappa shape index (κ2) is 7.95. The molecule has 6 atom stereocenters. The van der Waals surface area contributed by atoms with Crippen LogP contribution in [0.3, 0.4) is 0 Å². The van der Waals surface area contributed by atoms with Crippen LogP contribution in [0, 0.1) is 47.3 Å². The van der Waals surface area contributed by atoms with E-state index in [9.17, 15) is 0 Å². The van der Waals surface area contributed by atoms with Gasteiger partial charge in [0.05, 0.1) is 0 Å². The monoisotopic (exact) mass is 324 g/mol. The molecule has 0 saturated heterocycles. The van der Waals surface area contributed by atoms with Crippen molar-refractivity contribution < 1.29 is 0 Å². The fraction of sp³-hybridized carbons (Fsp3) is 1.00. The average Bonchev–Trinajstić information content (AvgIpc) is 2.45. The van der Waals surface area contributed by atoms with E-state index in [-0.39, 0.29) is 0 Å². The maximum Gasteiger partial charge on any atom is 0.00790 e. The first kappa shape index (κ1) is 18.7. The summed E-state index contributed by atoms with van der Waals surface area (Å²) >= 11 is 5.30. The molecule has 2 rings (SSSR count). The van der Waals surface area contributed by atoms with Crippen LogP contribution in [0.2, 0.25) is 0 Å². The number of thiol groups is 1. The molecule has 0 heterocycles. The Hall–Kier alpha value is 0.350. The van der Waals surface area contributed by atoms with Gasteiger partial charge in [-0.1, -0.05) is 54.4 Å². The van der Waals surface area contributed by atoms with Crippen LogP contribution < -0.4 is 0 Å². The third kappa shape index (κ3) is 4.25. The van der Waals surface area contributed by atoms with Crippen molar-refractivity contribution >= 4 is 12.6 Å². The summed E-state index contributed by atoms with van der Waals surface area (Å²) < 4.78 is 0. The summed E-state index contributed by atoms with van der Waals surface area (Å²) in [7, 11) is 0. The predicted octanol–water partition coefficient (Wildman–Crippen LogP) is 6.70. The minimum absolute atomic E-state index is 0.630. The lowest BCUT2D eigenvalue weighted by Crippen LogP contribution is -2.42. The zero-order valence-corrected chi connectivity index (χ0v) is 16.8. The van der Waals surface area contributed by atoms with Gasteiger partial charge in [0.2, 0.25) is 0 Å². The highest BCUT2D eigenvalue weighted by Gasteiger charge is 2.42. The molecule has 2 saturated carbocycles. The number of hydrogen-bond donors (Lipinski definition) is 1. The lowest BCUT2D eigenvalue weighted by atomic mass is 9.61. The van der Waals surface area contributed by atoms with Crippen molar-refractivity contribution in [3.05, 3.63) is 0 Å². The molecule has 2 fully saturated rings. The summed E-state index contributed by atoms with van der Waals surface area (Å²) in [5.74, 6) is 6.98. The quantitative estimate of drug-likeness (QED) is 0.546. The molecule has 6 unspecified atom stereocenters. The van der Waals surface area contributed by atoms with Crippen molar-refractivity contribution in [3.8, 4) is 0 Å². The predicted molar refractivity (Wildman–Crippen MR) is 102 cm³/mol. The largest absolute Gasteiger partial charge is 0.175 e. The molecule has 0 amide bonds. The smallest absolute Gasteiger partial charge is 0.00790 e. The molecule has 2 aliphatic carbocycles. The minimum Gasteiger partial charge on any atom is -0.175 e. The Morgan fingerprint density at radius 3 is 1.32 bits per heavy atom. The first-order valence-corrected chi connectivity index (χ1v) is 10.5. The van der Waals surface area contributed by atoms with Gasteiger partial charge in [-0.25, -0.2) is 0 Å². The Morgan fingerprint density at radius 2 is 1.00 bits per heavy atom. The first-order chi connectivity index (χ1) is 10.3. The zero-order chi connectivity index (χ0) is 16.4. The van der Waals surface area contributed by atoms with Gasteiger partial charge in [-0.15, -0.1) is 0 Å². The van der Waals surface area contributed by atoms with Gasteiger partial charge in [-0.05, 0) is 73.0 Å². The van der Waals surface area contributed by atoms with E-state index in [2.05, 4.69) is 41.5 Å². The Labute approximate surface area is 145 Å². The van der Waals surface area contributed by atoms with Gasteiger partial charge < -0.3 is 0 Å². The maximum atomic E-state index is 5.30. The Balaban J connectivity index is 2.16. The van der Waals surface area contributed by atoms with Crippen molar-refractivity contribution in [2.24, 2.45) is 47.3 Å². The van der Waals surface area contributed by atoms with E-state index < -0.39 is 0 Å². The van der Waals surface area contributed by atoms with Gasteiger partial charge in [0.15, 0.2) is 0 Å². The maximum absolute atomic E-state index is 5.30. The Morgan fingerprint density at radius 1 is 0.636 bits per heavy atom. The zero-order valence-electron chi connectivity index (χ0n) is 15.9. The van der Waals surface area contributed by atoms with Crippen molar-refractivity contribution in [2.45, 2.75) is 85.3 Å². The molecule has 2 aliphatic rings. The third-order valence-corrected chi connectivity index (χ3v) is 7.79. The van der Waals surface area contributed by atoms with E-state index in [1.165, 1.54) is 38.5 Å². The molecule has 0 N–H and O–H groups in total. The van der Waals surface area contributed by atoms with Gasteiger partial charge in [0, 0.05) is 5.25 Å². The molecule has 0 bridgehead atoms. The summed E-state index contributed by atoms with van der Waals surface area (Å²) in [5.41, 5.74) is 0.